The number of rotatable bonds is 3. The van der Waals surface area contributed by atoms with Crippen molar-refractivity contribution in [2.75, 3.05) is 0 Å². The van der Waals surface area contributed by atoms with E-state index < -0.39 is 47.0 Å². The molecule has 56 heavy (non-hydrogen) atoms. The summed E-state index contributed by atoms with van der Waals surface area (Å²) in [7, 11) is 0. The third-order valence-electron chi connectivity index (χ3n) is 9.51. The van der Waals surface area contributed by atoms with E-state index in [2.05, 4.69) is 4.98 Å². The molecule has 0 N–H and O–H groups in total. The number of halogens is 12. The molecule has 0 bridgehead atoms. The Labute approximate surface area is 306 Å². The van der Waals surface area contributed by atoms with Crippen LogP contribution in [-0.4, -0.2) is 14.1 Å². The van der Waals surface area contributed by atoms with Gasteiger partial charge < -0.3 is 9.13 Å². The predicted molar refractivity (Wildman–Crippen MR) is 183 cm³/mol. The van der Waals surface area contributed by atoms with Crippen LogP contribution in [0.3, 0.4) is 0 Å². The lowest BCUT2D eigenvalue weighted by Crippen LogP contribution is -2.06. The number of nitrogens with zero attached hydrogens (tertiary/aromatic N) is 4. The Morgan fingerprint density at radius 2 is 0.804 bits per heavy atom. The van der Waals surface area contributed by atoms with Crippen molar-refractivity contribution in [3.63, 3.8) is 0 Å². The Bertz CT molecular complexity index is 2790. The first-order valence-corrected chi connectivity index (χ1v) is 16.2. The summed E-state index contributed by atoms with van der Waals surface area (Å²) in [5.74, 6) is 0. The first-order valence-electron chi connectivity index (χ1n) is 16.2. The first kappa shape index (κ1) is 36.5. The van der Waals surface area contributed by atoms with Crippen LogP contribution in [0.5, 0.6) is 0 Å². The lowest BCUT2D eigenvalue weighted by Gasteiger charge is -2.19. The van der Waals surface area contributed by atoms with Gasteiger partial charge in [-0.05, 0) is 97.1 Å². The fourth-order valence-corrected chi connectivity index (χ4v) is 7.11. The number of hydrogen-bond acceptors (Lipinski definition) is 2. The molecule has 3 aromatic heterocycles. The van der Waals surface area contributed by atoms with Gasteiger partial charge in [-0.2, -0.15) is 57.9 Å². The molecular formula is C40H18F12N4. The van der Waals surface area contributed by atoms with E-state index >= 15 is 0 Å². The average Bonchev–Trinajstić information content (AvgIpc) is 3.64. The topological polar surface area (TPSA) is 46.5 Å². The summed E-state index contributed by atoms with van der Waals surface area (Å²) in [6.45, 7) is 0. The molecule has 3 heterocycles. The van der Waals surface area contributed by atoms with Gasteiger partial charge in [0, 0.05) is 33.3 Å². The fraction of sp³-hybridized carbons (Fsp3) is 0.100. The zero-order valence-corrected chi connectivity index (χ0v) is 27.7. The molecular weight excluding hydrogens is 764 g/mol. The smallest absolute Gasteiger partial charge is 0.309 e. The molecule has 16 heteroatoms. The van der Waals surface area contributed by atoms with Crippen LogP contribution >= 0.6 is 0 Å². The summed E-state index contributed by atoms with van der Waals surface area (Å²) in [6.07, 6.45) is -18.1. The minimum Gasteiger partial charge on any atom is -0.309 e. The second-order valence-electron chi connectivity index (χ2n) is 12.8. The van der Waals surface area contributed by atoms with Crippen LogP contribution in [0.25, 0.3) is 66.2 Å². The van der Waals surface area contributed by atoms with Crippen LogP contribution in [0.15, 0.2) is 109 Å². The maximum atomic E-state index is 13.9. The summed E-state index contributed by atoms with van der Waals surface area (Å²) in [5.41, 5.74) is -4.34. The molecule has 0 spiro atoms. The van der Waals surface area contributed by atoms with Gasteiger partial charge in [0.1, 0.15) is 0 Å². The van der Waals surface area contributed by atoms with Gasteiger partial charge in [0.15, 0.2) is 0 Å². The molecule has 8 rings (SSSR count). The predicted octanol–water partition coefficient (Wildman–Crippen LogP) is 12.9. The van der Waals surface area contributed by atoms with Gasteiger partial charge in [-0.1, -0.05) is 6.07 Å². The van der Waals surface area contributed by atoms with Crippen LogP contribution in [0.2, 0.25) is 0 Å². The third-order valence-corrected chi connectivity index (χ3v) is 9.51. The molecule has 8 aromatic rings. The minimum absolute atomic E-state index is 0.0121. The fourth-order valence-electron chi connectivity index (χ4n) is 7.11. The Morgan fingerprint density at radius 1 is 0.446 bits per heavy atom. The summed E-state index contributed by atoms with van der Waals surface area (Å²) >= 11 is 0. The van der Waals surface area contributed by atoms with Crippen LogP contribution in [0, 0.1) is 11.3 Å². The Kier molecular flexibility index (Phi) is 7.98. The van der Waals surface area contributed by atoms with Gasteiger partial charge in [-0.3, -0.25) is 4.98 Å². The van der Waals surface area contributed by atoms with E-state index in [1.807, 2.05) is 6.07 Å². The van der Waals surface area contributed by atoms with Gasteiger partial charge in [0.05, 0.1) is 73.0 Å². The number of hydrogen-bond donors (Lipinski definition) is 0. The van der Waals surface area contributed by atoms with Crippen molar-refractivity contribution in [3.05, 3.63) is 137 Å². The van der Waals surface area contributed by atoms with Crippen molar-refractivity contribution in [3.8, 4) is 28.7 Å². The minimum atomic E-state index is -4.86. The van der Waals surface area contributed by atoms with Gasteiger partial charge >= 0.3 is 24.7 Å². The molecule has 0 saturated carbocycles. The van der Waals surface area contributed by atoms with Crippen LogP contribution in [-0.2, 0) is 24.7 Å². The highest BCUT2D eigenvalue weighted by Gasteiger charge is 2.36. The van der Waals surface area contributed by atoms with E-state index in [-0.39, 0.29) is 71.8 Å². The summed E-state index contributed by atoms with van der Waals surface area (Å²) in [4.78, 5) is 4.52. The number of alkyl halides is 12. The SMILES string of the molecule is N#Cc1cccc(-n2c3ccc(C(F)(F)F)cc3c3cc(C(F)(F)F)ccc32)c1-c1ncccc1-n1c2ccc(C(F)(F)F)cc2c2cc(C(F)(F)F)ccc21. The molecule has 0 aliphatic carbocycles. The van der Waals surface area contributed by atoms with E-state index in [1.54, 1.807) is 0 Å². The maximum absolute atomic E-state index is 13.9. The van der Waals surface area contributed by atoms with E-state index in [0.29, 0.717) is 0 Å². The molecule has 0 aliphatic heterocycles. The van der Waals surface area contributed by atoms with E-state index in [1.165, 1.54) is 45.7 Å². The van der Waals surface area contributed by atoms with Crippen LogP contribution in [0.1, 0.15) is 27.8 Å². The molecule has 0 atom stereocenters. The van der Waals surface area contributed by atoms with Crippen molar-refractivity contribution in [1.82, 2.24) is 14.1 Å². The Hall–Kier alpha value is -6.50. The largest absolute Gasteiger partial charge is 0.416 e. The highest BCUT2D eigenvalue weighted by atomic mass is 19.4. The summed E-state index contributed by atoms with van der Waals surface area (Å²) in [6, 6.07) is 19.5. The summed E-state index contributed by atoms with van der Waals surface area (Å²) in [5, 5.41) is 9.64. The van der Waals surface area contributed by atoms with Crippen molar-refractivity contribution in [2.24, 2.45) is 0 Å². The Morgan fingerprint density at radius 3 is 1.16 bits per heavy atom. The third kappa shape index (κ3) is 5.85. The maximum Gasteiger partial charge on any atom is 0.416 e. The van der Waals surface area contributed by atoms with E-state index in [9.17, 15) is 57.9 Å². The Balaban J connectivity index is 1.47. The lowest BCUT2D eigenvalue weighted by molar-refractivity contribution is -0.138. The van der Waals surface area contributed by atoms with Crippen molar-refractivity contribution in [1.29, 1.82) is 5.26 Å². The zero-order chi connectivity index (χ0) is 40.1. The number of fused-ring (bicyclic) bond motifs is 6. The summed E-state index contributed by atoms with van der Waals surface area (Å²) < 4.78 is 170. The molecule has 4 nitrogen and oxygen atoms in total. The normalized spacial score (nSPS) is 13.0. The van der Waals surface area contributed by atoms with Gasteiger partial charge in [-0.15, -0.1) is 0 Å². The number of aromatic nitrogens is 3. The number of nitriles is 1. The van der Waals surface area contributed by atoms with Gasteiger partial charge in [-0.25, -0.2) is 0 Å². The average molecular weight is 783 g/mol. The zero-order valence-electron chi connectivity index (χ0n) is 27.7. The number of benzene rings is 5. The second-order valence-corrected chi connectivity index (χ2v) is 12.8. The lowest BCUT2D eigenvalue weighted by atomic mass is 10.00. The molecule has 0 unspecified atom stereocenters. The van der Waals surface area contributed by atoms with Crippen LogP contribution in [0.4, 0.5) is 52.7 Å². The molecule has 0 fully saturated rings. The standard InChI is InChI=1S/C40H18F12N4/c41-37(42,43)21-6-10-29-25(15-21)26-16-22(38(44,45)46)7-11-30(26)55(29)33-4-1-3-20(19-53)35(33)36-34(5-2-14-54-36)56-31-12-8-23(39(47,48)49)17-27(31)28-18-24(40(50,51)52)9-13-32(28)56/h1-18H. The van der Waals surface area contributed by atoms with Crippen LogP contribution < -0.4 is 0 Å². The highest BCUT2D eigenvalue weighted by molar-refractivity contribution is 6.12. The monoisotopic (exact) mass is 782 g/mol. The molecule has 5 aromatic carbocycles. The molecule has 282 valence electrons. The van der Waals surface area contributed by atoms with Gasteiger partial charge in [0.2, 0.25) is 0 Å². The molecule has 0 radical (unpaired) electrons. The van der Waals surface area contributed by atoms with E-state index in [0.717, 1.165) is 72.8 Å². The quantitative estimate of drug-likeness (QED) is 0.168. The van der Waals surface area contributed by atoms with E-state index in [4.69, 9.17) is 0 Å². The van der Waals surface area contributed by atoms with Gasteiger partial charge in [0.25, 0.3) is 0 Å². The van der Waals surface area contributed by atoms with Crippen molar-refractivity contribution in [2.45, 2.75) is 24.7 Å². The van der Waals surface area contributed by atoms with Crippen molar-refractivity contribution >= 4 is 43.6 Å². The van der Waals surface area contributed by atoms with Crippen molar-refractivity contribution < 1.29 is 52.7 Å². The second kappa shape index (κ2) is 12.3. The highest BCUT2D eigenvalue weighted by Crippen LogP contribution is 2.45. The molecule has 0 aliphatic rings. The number of pyridine rings is 1. The molecule has 0 amide bonds. The first-order chi connectivity index (χ1) is 26.3. The molecule has 0 saturated heterocycles.